The van der Waals surface area contributed by atoms with E-state index in [-0.39, 0.29) is 0 Å². The van der Waals surface area contributed by atoms with Gasteiger partial charge >= 0.3 is 0 Å². The molecule has 0 radical (unpaired) electrons. The van der Waals surface area contributed by atoms with Crippen LogP contribution in [0.5, 0.6) is 0 Å². The van der Waals surface area contributed by atoms with Crippen molar-refractivity contribution >= 4 is 28.1 Å². The van der Waals surface area contributed by atoms with Gasteiger partial charge in [0.1, 0.15) is 0 Å². The summed E-state index contributed by atoms with van der Waals surface area (Å²) in [5.74, 6) is 3.23. The van der Waals surface area contributed by atoms with Crippen LogP contribution in [0.4, 0.5) is 5.69 Å². The number of benzene rings is 2. The number of fused-ring (bicyclic) bond motifs is 3. The van der Waals surface area contributed by atoms with E-state index in [0.717, 1.165) is 17.0 Å². The van der Waals surface area contributed by atoms with Gasteiger partial charge in [0.05, 0.1) is 6.54 Å². The molecule has 2 heteroatoms. The molecule has 90 valence electrons. The quantitative estimate of drug-likeness (QED) is 0.695. The fourth-order valence-electron chi connectivity index (χ4n) is 2.91. The first-order valence-electron chi connectivity index (χ1n) is 6.12. The van der Waals surface area contributed by atoms with Gasteiger partial charge in [-0.3, -0.25) is 0 Å². The van der Waals surface area contributed by atoms with Crippen LogP contribution in [0.3, 0.4) is 0 Å². The molecular formula is C16H14ClN. The fourth-order valence-corrected chi connectivity index (χ4v) is 3.14. The SMILES string of the molecule is C#CCN1CC(C)c2c1ccc1c(Cl)cccc21. The molecule has 2 aromatic carbocycles. The summed E-state index contributed by atoms with van der Waals surface area (Å²) in [6.45, 7) is 3.91. The van der Waals surface area contributed by atoms with E-state index in [0.29, 0.717) is 12.5 Å². The molecule has 0 fully saturated rings. The predicted molar refractivity (Wildman–Crippen MR) is 78.4 cm³/mol. The van der Waals surface area contributed by atoms with Gasteiger partial charge in [0, 0.05) is 28.6 Å². The van der Waals surface area contributed by atoms with E-state index in [1.807, 2.05) is 12.1 Å². The summed E-state index contributed by atoms with van der Waals surface area (Å²) in [5.41, 5.74) is 2.64. The predicted octanol–water partition coefficient (Wildman–Crippen LogP) is 4.05. The van der Waals surface area contributed by atoms with Crippen molar-refractivity contribution < 1.29 is 0 Å². The maximum Gasteiger partial charge on any atom is 0.0792 e. The van der Waals surface area contributed by atoms with E-state index in [1.165, 1.54) is 16.6 Å². The minimum Gasteiger partial charge on any atom is -0.360 e. The van der Waals surface area contributed by atoms with Crippen molar-refractivity contribution in [1.82, 2.24) is 0 Å². The molecule has 1 atom stereocenters. The largest absolute Gasteiger partial charge is 0.360 e. The Morgan fingerprint density at radius 1 is 1.33 bits per heavy atom. The molecule has 0 aliphatic carbocycles. The summed E-state index contributed by atoms with van der Waals surface area (Å²) in [4.78, 5) is 2.26. The number of nitrogens with zero attached hydrogens (tertiary/aromatic N) is 1. The van der Waals surface area contributed by atoms with Crippen molar-refractivity contribution in [3.63, 3.8) is 0 Å². The molecule has 2 aromatic rings. The Morgan fingerprint density at radius 3 is 2.94 bits per heavy atom. The van der Waals surface area contributed by atoms with E-state index >= 15 is 0 Å². The number of terminal acetylenes is 1. The van der Waals surface area contributed by atoms with Gasteiger partial charge in [0.2, 0.25) is 0 Å². The van der Waals surface area contributed by atoms with E-state index in [2.05, 4.69) is 35.9 Å². The Hall–Kier alpha value is -1.65. The van der Waals surface area contributed by atoms with Gasteiger partial charge in [0.15, 0.2) is 0 Å². The van der Waals surface area contributed by atoms with Gasteiger partial charge in [-0.2, -0.15) is 0 Å². The van der Waals surface area contributed by atoms with Gasteiger partial charge < -0.3 is 4.90 Å². The molecule has 1 aliphatic rings. The highest BCUT2D eigenvalue weighted by Gasteiger charge is 2.26. The van der Waals surface area contributed by atoms with Crippen LogP contribution < -0.4 is 4.90 Å². The Bertz CT molecular complexity index is 654. The van der Waals surface area contributed by atoms with E-state index in [4.69, 9.17) is 18.0 Å². The van der Waals surface area contributed by atoms with Crippen molar-refractivity contribution in [3.05, 3.63) is 40.9 Å². The van der Waals surface area contributed by atoms with E-state index in [9.17, 15) is 0 Å². The zero-order chi connectivity index (χ0) is 12.7. The highest BCUT2D eigenvalue weighted by Crippen LogP contribution is 2.42. The minimum absolute atomic E-state index is 0.496. The van der Waals surface area contributed by atoms with Crippen LogP contribution in [0.25, 0.3) is 10.8 Å². The normalized spacial score (nSPS) is 17.8. The second-order valence-electron chi connectivity index (χ2n) is 4.82. The van der Waals surface area contributed by atoms with Crippen LogP contribution in [0, 0.1) is 12.3 Å². The lowest BCUT2D eigenvalue weighted by molar-refractivity contribution is 0.784. The first kappa shape index (κ1) is 11.4. The number of hydrogen-bond donors (Lipinski definition) is 0. The molecule has 0 saturated carbocycles. The summed E-state index contributed by atoms with van der Waals surface area (Å²) in [5, 5.41) is 3.21. The standard InChI is InChI=1S/C16H14ClN/c1-3-9-18-10-11(2)16-13-5-4-6-14(17)12(13)7-8-15(16)18/h1,4-8,11H,9-10H2,2H3. The maximum atomic E-state index is 6.26. The van der Waals surface area contributed by atoms with Crippen LogP contribution in [0.15, 0.2) is 30.3 Å². The third-order valence-corrected chi connectivity index (χ3v) is 3.97. The number of anilines is 1. The first-order chi connectivity index (χ1) is 8.72. The summed E-state index contributed by atoms with van der Waals surface area (Å²) in [6, 6.07) is 10.3. The average Bonchev–Trinajstić information content (AvgIpc) is 2.68. The van der Waals surface area contributed by atoms with Crippen molar-refractivity contribution in [3.8, 4) is 12.3 Å². The van der Waals surface area contributed by atoms with Crippen molar-refractivity contribution in [1.29, 1.82) is 0 Å². The molecule has 1 heterocycles. The maximum absolute atomic E-state index is 6.26. The van der Waals surface area contributed by atoms with Gasteiger partial charge in [-0.25, -0.2) is 0 Å². The lowest BCUT2D eigenvalue weighted by Crippen LogP contribution is -2.21. The lowest BCUT2D eigenvalue weighted by atomic mass is 9.96. The lowest BCUT2D eigenvalue weighted by Gasteiger charge is -2.16. The summed E-state index contributed by atoms with van der Waals surface area (Å²) in [7, 11) is 0. The molecule has 1 nitrogen and oxygen atoms in total. The number of hydrogen-bond acceptors (Lipinski definition) is 1. The van der Waals surface area contributed by atoms with Crippen molar-refractivity contribution in [2.45, 2.75) is 12.8 Å². The molecule has 3 rings (SSSR count). The molecule has 0 bridgehead atoms. The Balaban J connectivity index is 2.27. The molecule has 1 aliphatic heterocycles. The van der Waals surface area contributed by atoms with Gasteiger partial charge in [-0.1, -0.05) is 42.6 Å². The van der Waals surface area contributed by atoms with Crippen molar-refractivity contribution in [2.24, 2.45) is 0 Å². The van der Waals surface area contributed by atoms with Gasteiger partial charge in [0.25, 0.3) is 0 Å². The van der Waals surface area contributed by atoms with Crippen LogP contribution in [0.2, 0.25) is 5.02 Å². The molecule has 0 aromatic heterocycles. The topological polar surface area (TPSA) is 3.24 Å². The summed E-state index contributed by atoms with van der Waals surface area (Å²) >= 11 is 6.26. The highest BCUT2D eigenvalue weighted by atomic mass is 35.5. The Kier molecular flexibility index (Phi) is 2.69. The molecule has 0 saturated heterocycles. The first-order valence-corrected chi connectivity index (χ1v) is 6.49. The molecule has 0 spiro atoms. The zero-order valence-corrected chi connectivity index (χ0v) is 11.0. The number of halogens is 1. The monoisotopic (exact) mass is 255 g/mol. The van der Waals surface area contributed by atoms with E-state index in [1.54, 1.807) is 0 Å². The van der Waals surface area contributed by atoms with Crippen LogP contribution in [-0.4, -0.2) is 13.1 Å². The molecular weight excluding hydrogens is 242 g/mol. The Morgan fingerprint density at radius 2 is 2.17 bits per heavy atom. The second-order valence-corrected chi connectivity index (χ2v) is 5.23. The van der Waals surface area contributed by atoms with Crippen LogP contribution in [-0.2, 0) is 0 Å². The highest BCUT2D eigenvalue weighted by molar-refractivity contribution is 6.35. The zero-order valence-electron chi connectivity index (χ0n) is 10.3. The number of rotatable bonds is 1. The minimum atomic E-state index is 0.496. The van der Waals surface area contributed by atoms with Crippen LogP contribution >= 0.6 is 11.6 Å². The van der Waals surface area contributed by atoms with E-state index < -0.39 is 0 Å². The Labute approximate surface area is 112 Å². The average molecular weight is 256 g/mol. The molecule has 1 unspecified atom stereocenters. The van der Waals surface area contributed by atoms with Gasteiger partial charge in [-0.05, 0) is 23.1 Å². The third-order valence-electron chi connectivity index (χ3n) is 3.64. The van der Waals surface area contributed by atoms with Crippen LogP contribution in [0.1, 0.15) is 18.4 Å². The second kappa shape index (κ2) is 4.23. The van der Waals surface area contributed by atoms with Crippen molar-refractivity contribution in [2.75, 3.05) is 18.0 Å². The molecule has 0 amide bonds. The molecule has 0 N–H and O–H groups in total. The smallest absolute Gasteiger partial charge is 0.0792 e. The summed E-state index contributed by atoms with van der Waals surface area (Å²) < 4.78 is 0. The molecule has 18 heavy (non-hydrogen) atoms. The summed E-state index contributed by atoms with van der Waals surface area (Å²) in [6.07, 6.45) is 5.43. The van der Waals surface area contributed by atoms with Gasteiger partial charge in [-0.15, -0.1) is 6.42 Å². The third kappa shape index (κ3) is 1.57. The fraction of sp³-hybridized carbons (Fsp3) is 0.250.